The summed E-state index contributed by atoms with van der Waals surface area (Å²) in [7, 11) is 0. The summed E-state index contributed by atoms with van der Waals surface area (Å²) < 4.78 is 10.1. The van der Waals surface area contributed by atoms with Gasteiger partial charge in [0.25, 0.3) is 5.91 Å². The zero-order chi connectivity index (χ0) is 21.5. The number of ether oxygens (including phenoxy) is 1. The van der Waals surface area contributed by atoms with Crippen molar-refractivity contribution in [3.8, 4) is 0 Å². The van der Waals surface area contributed by atoms with E-state index in [0.29, 0.717) is 23.4 Å². The van der Waals surface area contributed by atoms with Gasteiger partial charge in [0, 0.05) is 16.9 Å². The van der Waals surface area contributed by atoms with Crippen molar-refractivity contribution in [2.45, 2.75) is 64.7 Å². The highest BCUT2D eigenvalue weighted by Gasteiger charge is 2.54. The highest BCUT2D eigenvalue weighted by Crippen LogP contribution is 2.60. The summed E-state index contributed by atoms with van der Waals surface area (Å²) in [5.41, 5.74) is 0.208. The number of carbonyl (C=O) groups excluding carboxylic acids is 3. The first kappa shape index (κ1) is 20.9. The number of hydrogen-bond acceptors (Lipinski definition) is 6. The Morgan fingerprint density at radius 3 is 2.27 bits per heavy atom. The van der Waals surface area contributed by atoms with Gasteiger partial charge in [0.05, 0.1) is 5.69 Å². The van der Waals surface area contributed by atoms with Crippen LogP contribution in [0.15, 0.2) is 10.6 Å². The molecule has 0 atom stereocenters. The van der Waals surface area contributed by atoms with Crippen molar-refractivity contribution in [3.05, 3.63) is 11.8 Å². The summed E-state index contributed by atoms with van der Waals surface area (Å²) in [6, 6.07) is 1.64. The molecule has 0 spiro atoms. The zero-order valence-corrected chi connectivity index (χ0v) is 18.0. The van der Waals surface area contributed by atoms with E-state index in [0.717, 1.165) is 19.3 Å². The fraction of sp³-hybridized carbons (Fsp3) is 0.727. The predicted octanol–water partition coefficient (Wildman–Crippen LogP) is 2.79. The third kappa shape index (κ3) is 4.37. The second kappa shape index (κ2) is 7.71. The summed E-state index contributed by atoms with van der Waals surface area (Å²) in [5, 5.41) is 9.19. The summed E-state index contributed by atoms with van der Waals surface area (Å²) in [5.74, 6) is 1.01. The first-order valence-electron chi connectivity index (χ1n) is 10.8. The SMILES string of the molecule is CC(C)(C)c1cc(NC(=O)COC(=O)CNC(=O)C23CC4CC(CC(C4)C2)C3)on1. The van der Waals surface area contributed by atoms with Gasteiger partial charge in [-0.05, 0) is 56.3 Å². The molecule has 8 heteroatoms. The van der Waals surface area contributed by atoms with Crippen molar-refractivity contribution in [1.82, 2.24) is 10.5 Å². The van der Waals surface area contributed by atoms with Gasteiger partial charge in [-0.15, -0.1) is 0 Å². The number of rotatable bonds is 6. The maximum absolute atomic E-state index is 12.8. The quantitative estimate of drug-likeness (QED) is 0.689. The molecular formula is C22H31N3O5. The summed E-state index contributed by atoms with van der Waals surface area (Å²) >= 11 is 0. The van der Waals surface area contributed by atoms with E-state index in [4.69, 9.17) is 9.26 Å². The van der Waals surface area contributed by atoms with Crippen molar-refractivity contribution in [2.75, 3.05) is 18.5 Å². The smallest absolute Gasteiger partial charge is 0.325 e. The third-order valence-corrected chi connectivity index (χ3v) is 6.82. The van der Waals surface area contributed by atoms with Crippen LogP contribution < -0.4 is 10.6 Å². The van der Waals surface area contributed by atoms with Crippen LogP contribution in [0.3, 0.4) is 0 Å². The van der Waals surface area contributed by atoms with Crippen LogP contribution >= 0.6 is 0 Å². The van der Waals surface area contributed by atoms with E-state index >= 15 is 0 Å². The molecule has 2 N–H and O–H groups in total. The predicted molar refractivity (Wildman–Crippen MR) is 108 cm³/mol. The topological polar surface area (TPSA) is 111 Å². The standard InChI is InChI=1S/C22H31N3O5/c1-21(2,3)16-7-18(30-25-16)24-17(26)12-29-19(27)11-23-20(28)22-8-13-4-14(9-22)6-15(5-13)10-22/h7,13-15H,4-6,8-12H2,1-3H3,(H,23,28)(H,24,26). The number of nitrogens with one attached hydrogen (secondary N) is 2. The van der Waals surface area contributed by atoms with Crippen LogP contribution in [0.1, 0.15) is 65.0 Å². The van der Waals surface area contributed by atoms with Crippen molar-refractivity contribution in [3.63, 3.8) is 0 Å². The molecule has 0 unspecified atom stereocenters. The molecule has 0 radical (unpaired) electrons. The maximum atomic E-state index is 12.8. The van der Waals surface area contributed by atoms with Gasteiger partial charge in [0.2, 0.25) is 11.8 Å². The van der Waals surface area contributed by atoms with E-state index < -0.39 is 18.5 Å². The molecule has 1 aromatic heterocycles. The second-order valence-electron chi connectivity index (χ2n) is 10.4. The number of hydrogen-bond donors (Lipinski definition) is 2. The lowest BCUT2D eigenvalue weighted by Crippen LogP contribution is -2.54. The van der Waals surface area contributed by atoms with Gasteiger partial charge in [-0.2, -0.15) is 0 Å². The molecule has 4 aliphatic rings. The number of anilines is 1. The maximum Gasteiger partial charge on any atom is 0.325 e. The molecule has 164 valence electrons. The highest BCUT2D eigenvalue weighted by atomic mass is 16.5. The lowest BCUT2D eigenvalue weighted by molar-refractivity contribution is -0.152. The molecule has 8 nitrogen and oxygen atoms in total. The number of aromatic nitrogens is 1. The molecule has 0 aliphatic heterocycles. The monoisotopic (exact) mass is 417 g/mol. The third-order valence-electron chi connectivity index (χ3n) is 6.82. The molecule has 0 aromatic carbocycles. The number of esters is 1. The Bertz CT molecular complexity index is 803. The Hall–Kier alpha value is -2.38. The van der Waals surface area contributed by atoms with Crippen LogP contribution in [0, 0.1) is 23.2 Å². The van der Waals surface area contributed by atoms with Gasteiger partial charge >= 0.3 is 5.97 Å². The van der Waals surface area contributed by atoms with E-state index in [1.165, 1.54) is 19.3 Å². The average molecular weight is 418 g/mol. The van der Waals surface area contributed by atoms with Crippen molar-refractivity contribution in [1.29, 1.82) is 0 Å². The van der Waals surface area contributed by atoms with E-state index in [9.17, 15) is 14.4 Å². The van der Waals surface area contributed by atoms with Crippen LogP contribution in [0.4, 0.5) is 5.88 Å². The Kier molecular flexibility index (Phi) is 5.36. The van der Waals surface area contributed by atoms with E-state index in [2.05, 4.69) is 15.8 Å². The molecule has 5 rings (SSSR count). The Labute approximate surface area is 176 Å². The molecule has 4 fully saturated rings. The van der Waals surface area contributed by atoms with E-state index in [-0.39, 0.29) is 29.2 Å². The van der Waals surface area contributed by atoms with Crippen LogP contribution in [0.25, 0.3) is 0 Å². The van der Waals surface area contributed by atoms with Gasteiger partial charge in [0.1, 0.15) is 6.54 Å². The van der Waals surface area contributed by atoms with Crippen molar-refractivity contribution in [2.24, 2.45) is 23.2 Å². The van der Waals surface area contributed by atoms with Crippen LogP contribution in [0.5, 0.6) is 0 Å². The lowest BCUT2D eigenvalue weighted by atomic mass is 9.49. The molecule has 4 aliphatic carbocycles. The molecule has 30 heavy (non-hydrogen) atoms. The van der Waals surface area contributed by atoms with Crippen molar-refractivity contribution < 1.29 is 23.6 Å². The Morgan fingerprint density at radius 2 is 1.73 bits per heavy atom. The minimum atomic E-state index is -0.629. The lowest BCUT2D eigenvalue weighted by Gasteiger charge is -2.55. The van der Waals surface area contributed by atoms with E-state index in [1.807, 2.05) is 20.8 Å². The minimum Gasteiger partial charge on any atom is -0.454 e. The second-order valence-corrected chi connectivity index (χ2v) is 10.4. The molecule has 1 aromatic rings. The van der Waals surface area contributed by atoms with E-state index in [1.54, 1.807) is 6.07 Å². The first-order valence-corrected chi connectivity index (χ1v) is 10.8. The number of amides is 2. The zero-order valence-electron chi connectivity index (χ0n) is 18.0. The Morgan fingerprint density at radius 1 is 1.13 bits per heavy atom. The van der Waals surface area contributed by atoms with Gasteiger partial charge < -0.3 is 14.6 Å². The molecule has 2 amide bonds. The molecule has 1 heterocycles. The number of nitrogens with zero attached hydrogens (tertiary/aromatic N) is 1. The highest BCUT2D eigenvalue weighted by molar-refractivity contribution is 5.92. The largest absolute Gasteiger partial charge is 0.454 e. The van der Waals surface area contributed by atoms with Gasteiger partial charge in [0.15, 0.2) is 6.61 Å². The Balaban J connectivity index is 1.20. The van der Waals surface area contributed by atoms with Gasteiger partial charge in [-0.25, -0.2) is 0 Å². The average Bonchev–Trinajstić information content (AvgIpc) is 3.12. The van der Waals surface area contributed by atoms with Crippen LogP contribution in [-0.2, 0) is 24.5 Å². The summed E-state index contributed by atoms with van der Waals surface area (Å²) in [6.45, 7) is 5.28. The molecule has 0 saturated heterocycles. The molecular weight excluding hydrogens is 386 g/mol. The van der Waals surface area contributed by atoms with Crippen LogP contribution in [-0.4, -0.2) is 36.1 Å². The summed E-state index contributed by atoms with van der Waals surface area (Å²) in [6.07, 6.45) is 6.59. The van der Waals surface area contributed by atoms with Crippen LogP contribution in [0.2, 0.25) is 0 Å². The first-order chi connectivity index (χ1) is 14.1. The van der Waals surface area contributed by atoms with Crippen molar-refractivity contribution >= 4 is 23.7 Å². The normalized spacial score (nSPS) is 29.5. The fourth-order valence-electron chi connectivity index (χ4n) is 5.79. The summed E-state index contributed by atoms with van der Waals surface area (Å²) in [4.78, 5) is 36.8. The molecule has 4 saturated carbocycles. The van der Waals surface area contributed by atoms with Gasteiger partial charge in [-0.3, -0.25) is 19.7 Å². The minimum absolute atomic E-state index is 0.0284. The number of carbonyl (C=O) groups is 3. The fourth-order valence-corrected chi connectivity index (χ4v) is 5.79. The molecule has 4 bridgehead atoms. The van der Waals surface area contributed by atoms with Gasteiger partial charge in [-0.1, -0.05) is 25.9 Å².